The third-order valence-corrected chi connectivity index (χ3v) is 3.95. The van der Waals surface area contributed by atoms with Gasteiger partial charge in [0.1, 0.15) is 24.3 Å². The fraction of sp³-hybridized carbons (Fsp3) is 0.500. The molecule has 1 aliphatic heterocycles. The average Bonchev–Trinajstić information content (AvgIpc) is 2.86. The maximum Gasteiger partial charge on any atom is 0.326 e. The van der Waals surface area contributed by atoms with E-state index in [9.17, 15) is 9.59 Å². The molecule has 1 aromatic rings. The van der Waals surface area contributed by atoms with Gasteiger partial charge in [-0.15, -0.1) is 0 Å². The molecule has 2 unspecified atom stereocenters. The van der Waals surface area contributed by atoms with Crippen LogP contribution in [0.25, 0.3) is 0 Å². The number of aliphatic carboxylic acids is 1. The van der Waals surface area contributed by atoms with Crippen LogP contribution < -0.4 is 10.1 Å². The SMILES string of the molecule is COCCC(NC(=O)C1COc2cc(C)c(C)cc21)C(=O)O. The number of carboxylic acids is 1. The van der Waals surface area contributed by atoms with Crippen molar-refractivity contribution in [2.75, 3.05) is 20.3 Å². The molecule has 0 aromatic heterocycles. The first-order chi connectivity index (χ1) is 10.4. The molecule has 0 aliphatic carbocycles. The predicted molar refractivity (Wildman–Crippen MR) is 80.2 cm³/mol. The van der Waals surface area contributed by atoms with Crippen LogP contribution in [0.2, 0.25) is 0 Å². The van der Waals surface area contributed by atoms with Gasteiger partial charge in [-0.2, -0.15) is 0 Å². The number of amides is 1. The normalized spacial score (nSPS) is 17.5. The molecule has 2 rings (SSSR count). The Kier molecular flexibility index (Phi) is 5.03. The van der Waals surface area contributed by atoms with Crippen molar-refractivity contribution in [3.05, 3.63) is 28.8 Å². The van der Waals surface area contributed by atoms with Crippen LogP contribution >= 0.6 is 0 Å². The largest absolute Gasteiger partial charge is 0.492 e. The fourth-order valence-electron chi connectivity index (χ4n) is 2.45. The van der Waals surface area contributed by atoms with Crippen LogP contribution in [0.3, 0.4) is 0 Å². The van der Waals surface area contributed by atoms with Crippen LogP contribution in [0.15, 0.2) is 12.1 Å². The number of nitrogens with one attached hydrogen (secondary N) is 1. The summed E-state index contributed by atoms with van der Waals surface area (Å²) >= 11 is 0. The van der Waals surface area contributed by atoms with Crippen molar-refractivity contribution < 1.29 is 24.2 Å². The summed E-state index contributed by atoms with van der Waals surface area (Å²) in [4.78, 5) is 23.6. The highest BCUT2D eigenvalue weighted by Crippen LogP contribution is 2.36. The minimum absolute atomic E-state index is 0.227. The third-order valence-electron chi connectivity index (χ3n) is 3.95. The molecule has 0 spiro atoms. The molecular formula is C16H21NO5. The van der Waals surface area contributed by atoms with E-state index in [1.165, 1.54) is 7.11 Å². The molecule has 0 fully saturated rings. The van der Waals surface area contributed by atoms with Crippen molar-refractivity contribution in [3.63, 3.8) is 0 Å². The van der Waals surface area contributed by atoms with E-state index < -0.39 is 17.9 Å². The van der Waals surface area contributed by atoms with E-state index in [4.69, 9.17) is 14.6 Å². The van der Waals surface area contributed by atoms with Gasteiger partial charge in [0.05, 0.1) is 0 Å². The average molecular weight is 307 g/mol. The van der Waals surface area contributed by atoms with Crippen molar-refractivity contribution in [1.82, 2.24) is 5.32 Å². The Morgan fingerprint density at radius 3 is 2.73 bits per heavy atom. The van der Waals surface area contributed by atoms with Crippen molar-refractivity contribution in [2.45, 2.75) is 32.2 Å². The monoisotopic (exact) mass is 307 g/mol. The number of methoxy groups -OCH3 is 1. The van der Waals surface area contributed by atoms with Gasteiger partial charge in [0.15, 0.2) is 0 Å². The fourth-order valence-corrected chi connectivity index (χ4v) is 2.45. The Hall–Kier alpha value is -2.08. The molecule has 0 bridgehead atoms. The molecule has 1 aromatic carbocycles. The number of benzene rings is 1. The van der Waals surface area contributed by atoms with Crippen LogP contribution in [0.4, 0.5) is 0 Å². The number of aryl methyl sites for hydroxylation is 2. The summed E-state index contributed by atoms with van der Waals surface area (Å²) in [6, 6.07) is 2.90. The van der Waals surface area contributed by atoms with Gasteiger partial charge in [-0.1, -0.05) is 6.07 Å². The van der Waals surface area contributed by atoms with Gasteiger partial charge in [-0.05, 0) is 31.0 Å². The van der Waals surface area contributed by atoms with Gasteiger partial charge in [0.2, 0.25) is 5.91 Å². The molecule has 0 saturated carbocycles. The number of carboxylic acid groups (broad SMARTS) is 1. The second-order valence-electron chi connectivity index (χ2n) is 5.52. The molecule has 1 heterocycles. The number of rotatable bonds is 6. The Morgan fingerprint density at radius 2 is 2.09 bits per heavy atom. The van der Waals surface area contributed by atoms with Crippen LogP contribution in [0, 0.1) is 13.8 Å². The molecule has 0 saturated heterocycles. The van der Waals surface area contributed by atoms with E-state index in [0.29, 0.717) is 5.75 Å². The molecule has 0 radical (unpaired) electrons. The molecule has 2 N–H and O–H groups in total. The van der Waals surface area contributed by atoms with Gasteiger partial charge in [-0.3, -0.25) is 4.79 Å². The Morgan fingerprint density at radius 1 is 1.41 bits per heavy atom. The lowest BCUT2D eigenvalue weighted by molar-refractivity contribution is -0.142. The van der Waals surface area contributed by atoms with Gasteiger partial charge in [-0.25, -0.2) is 4.79 Å². The Labute approximate surface area is 129 Å². The first kappa shape index (κ1) is 16.3. The highest BCUT2D eigenvalue weighted by molar-refractivity contribution is 5.89. The maximum atomic E-state index is 12.4. The van der Waals surface area contributed by atoms with E-state index in [1.807, 2.05) is 26.0 Å². The van der Waals surface area contributed by atoms with Gasteiger partial charge < -0.3 is 19.9 Å². The quantitative estimate of drug-likeness (QED) is 0.829. The van der Waals surface area contributed by atoms with E-state index in [2.05, 4.69) is 5.32 Å². The van der Waals surface area contributed by atoms with Crippen LogP contribution in [0.1, 0.15) is 29.0 Å². The molecule has 1 amide bonds. The topological polar surface area (TPSA) is 84.9 Å². The van der Waals surface area contributed by atoms with Crippen LogP contribution in [-0.2, 0) is 14.3 Å². The van der Waals surface area contributed by atoms with Crippen LogP contribution in [0.5, 0.6) is 5.75 Å². The summed E-state index contributed by atoms with van der Waals surface area (Å²) in [6.07, 6.45) is 0.227. The summed E-state index contributed by atoms with van der Waals surface area (Å²) in [5, 5.41) is 11.7. The zero-order chi connectivity index (χ0) is 16.3. The van der Waals surface area contributed by atoms with Crippen molar-refractivity contribution in [3.8, 4) is 5.75 Å². The minimum atomic E-state index is -1.07. The molecule has 120 valence electrons. The number of carbonyl (C=O) groups excluding carboxylic acids is 1. The summed E-state index contributed by atoms with van der Waals surface area (Å²) in [5.41, 5.74) is 3.00. The summed E-state index contributed by atoms with van der Waals surface area (Å²) in [6.45, 7) is 4.47. The Balaban J connectivity index is 2.12. The first-order valence-electron chi connectivity index (χ1n) is 7.20. The number of hydrogen-bond donors (Lipinski definition) is 2. The minimum Gasteiger partial charge on any atom is -0.492 e. The molecular weight excluding hydrogens is 286 g/mol. The van der Waals surface area contributed by atoms with Gasteiger partial charge in [0, 0.05) is 25.7 Å². The highest BCUT2D eigenvalue weighted by atomic mass is 16.5. The molecule has 2 atom stereocenters. The van der Waals surface area contributed by atoms with Crippen LogP contribution in [-0.4, -0.2) is 43.3 Å². The number of hydrogen-bond acceptors (Lipinski definition) is 4. The predicted octanol–water partition coefficient (Wildman–Crippen LogP) is 1.39. The molecule has 22 heavy (non-hydrogen) atoms. The van der Waals surface area contributed by atoms with Crippen molar-refractivity contribution in [2.24, 2.45) is 0 Å². The van der Waals surface area contributed by atoms with E-state index in [-0.39, 0.29) is 25.5 Å². The van der Waals surface area contributed by atoms with E-state index >= 15 is 0 Å². The van der Waals surface area contributed by atoms with E-state index in [0.717, 1.165) is 16.7 Å². The van der Waals surface area contributed by atoms with Crippen molar-refractivity contribution in [1.29, 1.82) is 0 Å². The lowest BCUT2D eigenvalue weighted by Crippen LogP contribution is -2.44. The third kappa shape index (κ3) is 3.39. The van der Waals surface area contributed by atoms with Gasteiger partial charge >= 0.3 is 5.97 Å². The Bertz CT molecular complexity index is 584. The zero-order valence-corrected chi connectivity index (χ0v) is 13.0. The first-order valence-corrected chi connectivity index (χ1v) is 7.20. The van der Waals surface area contributed by atoms with Crippen molar-refractivity contribution >= 4 is 11.9 Å². The number of carbonyl (C=O) groups is 2. The van der Waals surface area contributed by atoms with E-state index in [1.54, 1.807) is 0 Å². The zero-order valence-electron chi connectivity index (χ0n) is 13.0. The second kappa shape index (κ2) is 6.79. The lowest BCUT2D eigenvalue weighted by Gasteiger charge is -2.17. The molecule has 1 aliphatic rings. The summed E-state index contributed by atoms with van der Waals surface area (Å²) in [5.74, 6) is -1.17. The smallest absolute Gasteiger partial charge is 0.326 e. The number of ether oxygens (including phenoxy) is 2. The summed E-state index contributed by atoms with van der Waals surface area (Å²) in [7, 11) is 1.49. The summed E-state index contributed by atoms with van der Waals surface area (Å²) < 4.78 is 10.4. The standard InChI is InChI=1S/C16H21NO5/c1-9-6-11-12(8-22-14(11)7-10(9)2)15(18)17-13(16(19)20)4-5-21-3/h6-7,12-13H,4-5,8H2,1-3H3,(H,17,18)(H,19,20). The maximum absolute atomic E-state index is 12.4. The van der Waals surface area contributed by atoms with Gasteiger partial charge in [0.25, 0.3) is 0 Å². The molecule has 6 nitrogen and oxygen atoms in total. The molecule has 6 heteroatoms. The highest BCUT2D eigenvalue weighted by Gasteiger charge is 2.33. The lowest BCUT2D eigenvalue weighted by atomic mass is 9.96. The second-order valence-corrected chi connectivity index (χ2v) is 5.52. The number of fused-ring (bicyclic) bond motifs is 1.